The Balaban J connectivity index is 1.43. The molecule has 0 radical (unpaired) electrons. The zero-order chi connectivity index (χ0) is 17.9. The van der Waals surface area contributed by atoms with E-state index in [1.165, 1.54) is 17.7 Å². The van der Waals surface area contributed by atoms with Gasteiger partial charge in [-0.2, -0.15) is 16.4 Å². The van der Waals surface area contributed by atoms with E-state index in [1.807, 2.05) is 4.90 Å². The quantitative estimate of drug-likeness (QED) is 0.767. The predicted octanol–water partition coefficient (Wildman–Crippen LogP) is 3.24. The highest BCUT2D eigenvalue weighted by Gasteiger charge is 2.25. The summed E-state index contributed by atoms with van der Waals surface area (Å²) >= 11 is 1.71. The minimum Gasteiger partial charge on any atom is -0.336 e. The second-order valence-corrected chi connectivity index (χ2v) is 7.15. The highest BCUT2D eigenvalue weighted by molar-refractivity contribution is 7.07. The van der Waals surface area contributed by atoms with Crippen molar-refractivity contribution in [1.29, 1.82) is 0 Å². The zero-order valence-corrected chi connectivity index (χ0v) is 15.0. The van der Waals surface area contributed by atoms with Crippen molar-refractivity contribution in [3.05, 3.63) is 64.2 Å². The van der Waals surface area contributed by atoms with E-state index in [1.54, 1.807) is 29.7 Å². The lowest BCUT2D eigenvalue weighted by Gasteiger charge is -2.34. The monoisotopic (exact) mass is 370 g/mol. The maximum absolute atomic E-state index is 13.1. The number of piperazine rings is 1. The molecule has 7 heteroatoms. The Hall–Kier alpha value is -2.51. The van der Waals surface area contributed by atoms with Crippen LogP contribution in [-0.4, -0.2) is 52.1 Å². The number of H-pyrrole nitrogens is 1. The Morgan fingerprint density at radius 2 is 1.92 bits per heavy atom. The number of hydrogen-bond acceptors (Lipinski definition) is 4. The van der Waals surface area contributed by atoms with E-state index in [-0.39, 0.29) is 11.7 Å². The van der Waals surface area contributed by atoms with Crippen molar-refractivity contribution in [2.75, 3.05) is 26.2 Å². The van der Waals surface area contributed by atoms with Crippen LogP contribution >= 0.6 is 11.3 Å². The van der Waals surface area contributed by atoms with Gasteiger partial charge in [0.2, 0.25) is 0 Å². The van der Waals surface area contributed by atoms with Crippen LogP contribution in [0.1, 0.15) is 15.9 Å². The van der Waals surface area contributed by atoms with Gasteiger partial charge in [0, 0.05) is 38.3 Å². The maximum Gasteiger partial charge on any atom is 0.257 e. The molecule has 1 aliphatic rings. The molecule has 1 aromatic carbocycles. The molecule has 0 unspecified atom stereocenters. The number of rotatable bonds is 4. The Morgan fingerprint density at radius 1 is 1.15 bits per heavy atom. The third-order valence-corrected chi connectivity index (χ3v) is 5.38. The molecule has 4 rings (SSSR count). The molecule has 0 atom stereocenters. The van der Waals surface area contributed by atoms with Gasteiger partial charge in [0.1, 0.15) is 5.82 Å². The van der Waals surface area contributed by atoms with Crippen LogP contribution in [0.25, 0.3) is 11.3 Å². The first-order chi connectivity index (χ1) is 12.7. The van der Waals surface area contributed by atoms with Crippen molar-refractivity contribution >= 4 is 17.2 Å². The van der Waals surface area contributed by atoms with Crippen molar-refractivity contribution in [2.24, 2.45) is 0 Å². The molecule has 3 heterocycles. The van der Waals surface area contributed by atoms with E-state index in [9.17, 15) is 9.18 Å². The molecular weight excluding hydrogens is 351 g/mol. The normalized spacial score (nSPS) is 15.3. The van der Waals surface area contributed by atoms with Gasteiger partial charge >= 0.3 is 0 Å². The molecule has 1 N–H and O–H groups in total. The minimum atomic E-state index is -0.303. The van der Waals surface area contributed by atoms with Crippen molar-refractivity contribution < 1.29 is 9.18 Å². The molecule has 1 saturated heterocycles. The average molecular weight is 370 g/mol. The van der Waals surface area contributed by atoms with Crippen LogP contribution in [0.5, 0.6) is 0 Å². The molecule has 3 aromatic rings. The third-order valence-electron chi connectivity index (χ3n) is 4.65. The van der Waals surface area contributed by atoms with Crippen molar-refractivity contribution in [1.82, 2.24) is 20.0 Å². The number of carbonyl (C=O) groups excluding carboxylic acids is 1. The van der Waals surface area contributed by atoms with Crippen LogP contribution in [0.15, 0.2) is 47.3 Å². The van der Waals surface area contributed by atoms with E-state index in [0.717, 1.165) is 25.2 Å². The van der Waals surface area contributed by atoms with Crippen LogP contribution in [0.3, 0.4) is 0 Å². The lowest BCUT2D eigenvalue weighted by atomic mass is 10.1. The number of amides is 1. The molecule has 26 heavy (non-hydrogen) atoms. The number of halogens is 1. The second-order valence-electron chi connectivity index (χ2n) is 6.37. The van der Waals surface area contributed by atoms with Crippen LogP contribution < -0.4 is 0 Å². The lowest BCUT2D eigenvalue weighted by molar-refractivity contribution is 0.0629. The van der Waals surface area contributed by atoms with E-state index >= 15 is 0 Å². The molecule has 2 aromatic heterocycles. The smallest absolute Gasteiger partial charge is 0.257 e. The summed E-state index contributed by atoms with van der Waals surface area (Å²) in [6, 6.07) is 8.21. The summed E-state index contributed by atoms with van der Waals surface area (Å²) in [5.74, 6) is -0.337. The third kappa shape index (κ3) is 3.54. The number of aromatic nitrogens is 2. The fraction of sp³-hybridized carbons (Fsp3) is 0.263. The number of benzene rings is 1. The first-order valence-electron chi connectivity index (χ1n) is 8.53. The van der Waals surface area contributed by atoms with E-state index in [0.29, 0.717) is 24.3 Å². The van der Waals surface area contributed by atoms with E-state index < -0.39 is 0 Å². The summed E-state index contributed by atoms with van der Waals surface area (Å²) < 4.78 is 13.1. The number of nitrogens with one attached hydrogen (secondary N) is 1. The highest BCUT2D eigenvalue weighted by atomic mass is 32.1. The van der Waals surface area contributed by atoms with Crippen LogP contribution in [-0.2, 0) is 6.54 Å². The molecule has 1 amide bonds. The van der Waals surface area contributed by atoms with Crippen LogP contribution in [0.2, 0.25) is 0 Å². The van der Waals surface area contributed by atoms with Gasteiger partial charge in [0.05, 0.1) is 17.5 Å². The fourth-order valence-electron chi connectivity index (χ4n) is 3.21. The number of thiophene rings is 1. The predicted molar refractivity (Wildman–Crippen MR) is 99.5 cm³/mol. The number of hydrogen-bond donors (Lipinski definition) is 1. The van der Waals surface area contributed by atoms with Gasteiger partial charge in [-0.25, -0.2) is 4.39 Å². The molecule has 5 nitrogen and oxygen atoms in total. The summed E-state index contributed by atoms with van der Waals surface area (Å²) in [5.41, 5.74) is 3.24. The molecule has 1 fully saturated rings. The Labute approximate surface area is 155 Å². The van der Waals surface area contributed by atoms with Crippen LogP contribution in [0, 0.1) is 5.82 Å². The first-order valence-corrected chi connectivity index (χ1v) is 9.47. The number of nitrogens with zero attached hydrogens (tertiary/aromatic N) is 3. The molecule has 1 aliphatic heterocycles. The summed E-state index contributed by atoms with van der Waals surface area (Å²) in [5, 5.41) is 11.1. The zero-order valence-electron chi connectivity index (χ0n) is 14.2. The maximum atomic E-state index is 13.1. The molecule has 0 bridgehead atoms. The summed E-state index contributed by atoms with van der Waals surface area (Å²) in [6.45, 7) is 4.02. The molecule has 134 valence electrons. The molecule has 0 saturated carbocycles. The summed E-state index contributed by atoms with van der Waals surface area (Å²) in [6.07, 6.45) is 1.55. The molecule has 0 aliphatic carbocycles. The Kier molecular flexibility index (Phi) is 4.81. The van der Waals surface area contributed by atoms with Gasteiger partial charge in [0.15, 0.2) is 0 Å². The van der Waals surface area contributed by atoms with Gasteiger partial charge in [0.25, 0.3) is 5.91 Å². The number of aromatic amines is 1. The summed E-state index contributed by atoms with van der Waals surface area (Å²) in [4.78, 5) is 17.1. The molecular formula is C19H19FN4OS. The lowest BCUT2D eigenvalue weighted by Crippen LogP contribution is -2.48. The minimum absolute atomic E-state index is 0.0340. The highest BCUT2D eigenvalue weighted by Crippen LogP contribution is 2.23. The topological polar surface area (TPSA) is 52.2 Å². The van der Waals surface area contributed by atoms with Crippen molar-refractivity contribution in [2.45, 2.75) is 6.54 Å². The van der Waals surface area contributed by atoms with Crippen molar-refractivity contribution in [3.8, 4) is 11.3 Å². The number of carbonyl (C=O) groups is 1. The molecule has 0 spiro atoms. The summed E-state index contributed by atoms with van der Waals surface area (Å²) in [7, 11) is 0. The standard InChI is InChI=1S/C19H19FN4OS/c20-16-3-1-15(2-4-16)18-17(11-21-22-18)19(25)24-8-6-23(7-9-24)12-14-5-10-26-13-14/h1-5,10-11,13H,6-9,12H2,(H,21,22). The largest absolute Gasteiger partial charge is 0.336 e. The Morgan fingerprint density at radius 3 is 2.62 bits per heavy atom. The van der Waals surface area contributed by atoms with E-state index in [2.05, 4.69) is 31.9 Å². The van der Waals surface area contributed by atoms with Gasteiger partial charge in [-0.15, -0.1) is 0 Å². The van der Waals surface area contributed by atoms with Gasteiger partial charge < -0.3 is 4.90 Å². The Bertz CT molecular complexity index is 867. The average Bonchev–Trinajstić information content (AvgIpc) is 3.34. The second kappa shape index (κ2) is 7.39. The van der Waals surface area contributed by atoms with Gasteiger partial charge in [-0.05, 0) is 46.7 Å². The van der Waals surface area contributed by atoms with Gasteiger partial charge in [-0.3, -0.25) is 14.8 Å². The van der Waals surface area contributed by atoms with Crippen molar-refractivity contribution in [3.63, 3.8) is 0 Å². The fourth-order valence-corrected chi connectivity index (χ4v) is 3.86. The van der Waals surface area contributed by atoms with Crippen LogP contribution in [0.4, 0.5) is 4.39 Å². The van der Waals surface area contributed by atoms with Gasteiger partial charge in [-0.1, -0.05) is 0 Å². The SMILES string of the molecule is O=C(c1cn[nH]c1-c1ccc(F)cc1)N1CCN(Cc2ccsc2)CC1. The van der Waals surface area contributed by atoms with E-state index in [4.69, 9.17) is 0 Å². The first kappa shape index (κ1) is 16.9.